The Labute approximate surface area is 84.1 Å². The smallest absolute Gasteiger partial charge is 0.0358 e. The second kappa shape index (κ2) is 5.02. The zero-order valence-electron chi connectivity index (χ0n) is 9.84. The summed E-state index contributed by atoms with van der Waals surface area (Å²) in [6.45, 7) is 9.65. The fraction of sp³-hybridized carbons (Fsp3) is 1.00. The summed E-state index contributed by atoms with van der Waals surface area (Å²) in [5, 5.41) is 0. The van der Waals surface area contributed by atoms with Crippen molar-refractivity contribution >= 4 is 0 Å². The van der Waals surface area contributed by atoms with E-state index in [1.165, 1.54) is 32.1 Å². The van der Waals surface area contributed by atoms with Gasteiger partial charge in [0.1, 0.15) is 0 Å². The standard InChI is InChI=1S/C13H26/c1-5-12(6-2)13-9-7-8-10(3)11(13)4/h10-13H,5-9H2,1-4H3. The maximum atomic E-state index is 2.48. The van der Waals surface area contributed by atoms with Crippen LogP contribution in [0.5, 0.6) is 0 Å². The van der Waals surface area contributed by atoms with Crippen LogP contribution in [0.1, 0.15) is 59.8 Å². The van der Waals surface area contributed by atoms with Crippen molar-refractivity contribution in [1.29, 1.82) is 0 Å². The first kappa shape index (κ1) is 11.1. The summed E-state index contributed by atoms with van der Waals surface area (Å²) in [7, 11) is 0. The Morgan fingerprint density at radius 2 is 1.69 bits per heavy atom. The summed E-state index contributed by atoms with van der Waals surface area (Å²) in [6.07, 6.45) is 7.22. The predicted molar refractivity (Wildman–Crippen MR) is 59.7 cm³/mol. The normalized spacial score (nSPS) is 35.3. The van der Waals surface area contributed by atoms with Gasteiger partial charge in [-0.15, -0.1) is 0 Å². The van der Waals surface area contributed by atoms with Crippen molar-refractivity contribution in [1.82, 2.24) is 0 Å². The molecular weight excluding hydrogens is 156 g/mol. The highest BCUT2D eigenvalue weighted by molar-refractivity contribution is 4.81. The van der Waals surface area contributed by atoms with Gasteiger partial charge in [-0.25, -0.2) is 0 Å². The highest BCUT2D eigenvalue weighted by atomic mass is 14.4. The molecule has 0 N–H and O–H groups in total. The lowest BCUT2D eigenvalue weighted by atomic mass is 9.67. The lowest BCUT2D eigenvalue weighted by molar-refractivity contribution is 0.117. The van der Waals surface area contributed by atoms with E-state index in [-0.39, 0.29) is 0 Å². The van der Waals surface area contributed by atoms with Gasteiger partial charge in [-0.1, -0.05) is 53.4 Å². The lowest BCUT2D eigenvalue weighted by Crippen LogP contribution is -2.29. The van der Waals surface area contributed by atoms with Crippen LogP contribution in [-0.2, 0) is 0 Å². The Bertz CT molecular complexity index is 133. The van der Waals surface area contributed by atoms with Crippen molar-refractivity contribution in [3.8, 4) is 0 Å². The van der Waals surface area contributed by atoms with E-state index in [0.29, 0.717) is 0 Å². The van der Waals surface area contributed by atoms with Crippen LogP contribution in [0.25, 0.3) is 0 Å². The van der Waals surface area contributed by atoms with E-state index >= 15 is 0 Å². The van der Waals surface area contributed by atoms with Crippen LogP contribution in [0, 0.1) is 23.7 Å². The van der Waals surface area contributed by atoms with E-state index < -0.39 is 0 Å². The average molecular weight is 182 g/mol. The van der Waals surface area contributed by atoms with Gasteiger partial charge in [-0.2, -0.15) is 0 Å². The van der Waals surface area contributed by atoms with Crippen molar-refractivity contribution in [2.45, 2.75) is 59.8 Å². The maximum absolute atomic E-state index is 2.48. The van der Waals surface area contributed by atoms with E-state index in [9.17, 15) is 0 Å². The number of hydrogen-bond donors (Lipinski definition) is 0. The SMILES string of the molecule is CCC(CC)C1CCCC(C)C1C. The van der Waals surface area contributed by atoms with Crippen molar-refractivity contribution < 1.29 is 0 Å². The maximum Gasteiger partial charge on any atom is -0.0358 e. The van der Waals surface area contributed by atoms with Crippen LogP contribution in [0.15, 0.2) is 0 Å². The van der Waals surface area contributed by atoms with E-state index in [4.69, 9.17) is 0 Å². The Hall–Kier alpha value is 0. The number of hydrogen-bond acceptors (Lipinski definition) is 0. The summed E-state index contributed by atoms with van der Waals surface area (Å²) in [6, 6.07) is 0. The molecule has 0 spiro atoms. The largest absolute Gasteiger partial charge is 0.0651 e. The molecule has 1 rings (SSSR count). The molecular formula is C13H26. The van der Waals surface area contributed by atoms with Crippen molar-refractivity contribution in [2.24, 2.45) is 23.7 Å². The van der Waals surface area contributed by atoms with Gasteiger partial charge in [0.2, 0.25) is 0 Å². The molecule has 1 aliphatic carbocycles. The molecule has 1 saturated carbocycles. The van der Waals surface area contributed by atoms with Crippen LogP contribution in [0.3, 0.4) is 0 Å². The third kappa shape index (κ3) is 2.48. The molecule has 0 nitrogen and oxygen atoms in total. The van der Waals surface area contributed by atoms with Crippen LogP contribution >= 0.6 is 0 Å². The van der Waals surface area contributed by atoms with Crippen LogP contribution < -0.4 is 0 Å². The molecule has 0 aromatic rings. The Kier molecular flexibility index (Phi) is 4.28. The molecule has 0 bridgehead atoms. The number of rotatable bonds is 3. The highest BCUT2D eigenvalue weighted by Crippen LogP contribution is 2.40. The summed E-state index contributed by atoms with van der Waals surface area (Å²) in [5.41, 5.74) is 0. The van der Waals surface area contributed by atoms with E-state index in [1.807, 2.05) is 0 Å². The van der Waals surface area contributed by atoms with Crippen LogP contribution in [-0.4, -0.2) is 0 Å². The van der Waals surface area contributed by atoms with Crippen molar-refractivity contribution in [3.63, 3.8) is 0 Å². The average Bonchev–Trinajstić information content (AvgIpc) is 2.14. The second-order valence-electron chi connectivity index (χ2n) is 5.01. The molecule has 0 amide bonds. The molecule has 1 fully saturated rings. The predicted octanol–water partition coefficient (Wildman–Crippen LogP) is 4.49. The molecule has 0 aromatic heterocycles. The monoisotopic (exact) mass is 182 g/mol. The summed E-state index contributed by atoms with van der Waals surface area (Å²) in [4.78, 5) is 0. The molecule has 1 aliphatic rings. The minimum absolute atomic E-state index is 0.971. The lowest BCUT2D eigenvalue weighted by Gasteiger charge is -2.38. The zero-order valence-corrected chi connectivity index (χ0v) is 9.84. The Balaban J connectivity index is 2.55. The molecule has 78 valence electrons. The molecule has 0 heterocycles. The van der Waals surface area contributed by atoms with Gasteiger partial charge < -0.3 is 0 Å². The van der Waals surface area contributed by atoms with Gasteiger partial charge in [0.05, 0.1) is 0 Å². The molecule has 3 unspecified atom stereocenters. The molecule has 3 atom stereocenters. The zero-order chi connectivity index (χ0) is 9.84. The van der Waals surface area contributed by atoms with Gasteiger partial charge >= 0.3 is 0 Å². The fourth-order valence-corrected chi connectivity index (χ4v) is 3.18. The summed E-state index contributed by atoms with van der Waals surface area (Å²) in [5.74, 6) is 3.97. The molecule has 0 aliphatic heterocycles. The first-order valence-corrected chi connectivity index (χ1v) is 6.20. The quantitative estimate of drug-likeness (QED) is 0.603. The van der Waals surface area contributed by atoms with Crippen molar-refractivity contribution in [3.05, 3.63) is 0 Å². The van der Waals surface area contributed by atoms with Gasteiger partial charge in [0, 0.05) is 0 Å². The van der Waals surface area contributed by atoms with Gasteiger partial charge in [0.15, 0.2) is 0 Å². The molecule has 0 saturated heterocycles. The Morgan fingerprint density at radius 3 is 2.23 bits per heavy atom. The third-order valence-electron chi connectivity index (χ3n) is 4.42. The summed E-state index contributed by atoms with van der Waals surface area (Å²) >= 11 is 0. The van der Waals surface area contributed by atoms with E-state index in [0.717, 1.165) is 23.7 Å². The van der Waals surface area contributed by atoms with Gasteiger partial charge in [0.25, 0.3) is 0 Å². The topological polar surface area (TPSA) is 0 Å². The Morgan fingerprint density at radius 1 is 1.08 bits per heavy atom. The minimum Gasteiger partial charge on any atom is -0.0651 e. The van der Waals surface area contributed by atoms with E-state index in [2.05, 4.69) is 27.7 Å². The highest BCUT2D eigenvalue weighted by Gasteiger charge is 2.30. The first-order valence-electron chi connectivity index (χ1n) is 6.20. The van der Waals surface area contributed by atoms with Crippen molar-refractivity contribution in [2.75, 3.05) is 0 Å². The van der Waals surface area contributed by atoms with Gasteiger partial charge in [-0.3, -0.25) is 0 Å². The van der Waals surface area contributed by atoms with Crippen LogP contribution in [0.4, 0.5) is 0 Å². The molecule has 0 radical (unpaired) electrons. The summed E-state index contributed by atoms with van der Waals surface area (Å²) < 4.78 is 0. The first-order chi connectivity index (χ1) is 6.20. The second-order valence-corrected chi connectivity index (χ2v) is 5.01. The van der Waals surface area contributed by atoms with E-state index in [1.54, 1.807) is 0 Å². The third-order valence-corrected chi connectivity index (χ3v) is 4.42. The molecule has 0 aromatic carbocycles. The molecule has 13 heavy (non-hydrogen) atoms. The fourth-order valence-electron chi connectivity index (χ4n) is 3.18. The minimum atomic E-state index is 0.971. The van der Waals surface area contributed by atoms with Crippen LogP contribution in [0.2, 0.25) is 0 Å². The van der Waals surface area contributed by atoms with Gasteiger partial charge in [-0.05, 0) is 30.1 Å². The molecule has 0 heteroatoms.